The van der Waals surface area contributed by atoms with Crippen LogP contribution in [0.3, 0.4) is 0 Å². The third kappa shape index (κ3) is 4.92. The lowest BCUT2D eigenvalue weighted by Crippen LogP contribution is -2.49. The normalized spacial score (nSPS) is 21.1. The number of hydrogen-bond donors (Lipinski definition) is 1. The Kier molecular flexibility index (Phi) is 5.22. The molecular formula is C18H30N2. The Morgan fingerprint density at radius 2 is 2.05 bits per heavy atom. The number of piperidine rings is 1. The van der Waals surface area contributed by atoms with Gasteiger partial charge in [-0.15, -0.1) is 0 Å². The summed E-state index contributed by atoms with van der Waals surface area (Å²) in [5, 5.41) is 3.68. The Morgan fingerprint density at radius 1 is 1.25 bits per heavy atom. The molecule has 1 heterocycles. The SMILES string of the molecule is Cc1cccc(CN2CCCCC2CNC(C)(C)C)c1. The molecule has 1 atom stereocenters. The lowest BCUT2D eigenvalue weighted by atomic mass is 9.99. The van der Waals surface area contributed by atoms with Gasteiger partial charge in [-0.05, 0) is 52.6 Å². The maximum absolute atomic E-state index is 3.68. The van der Waals surface area contributed by atoms with Crippen molar-refractivity contribution in [1.29, 1.82) is 0 Å². The van der Waals surface area contributed by atoms with E-state index in [-0.39, 0.29) is 5.54 Å². The molecule has 1 unspecified atom stereocenters. The van der Waals surface area contributed by atoms with Gasteiger partial charge in [0.15, 0.2) is 0 Å². The fourth-order valence-corrected chi connectivity index (χ4v) is 2.97. The first-order valence-corrected chi connectivity index (χ1v) is 7.99. The third-order valence-electron chi connectivity index (χ3n) is 4.09. The van der Waals surface area contributed by atoms with Crippen molar-refractivity contribution < 1.29 is 0 Å². The van der Waals surface area contributed by atoms with Gasteiger partial charge in [-0.25, -0.2) is 0 Å². The molecule has 0 spiro atoms. The molecule has 0 aromatic heterocycles. The van der Waals surface area contributed by atoms with Crippen LogP contribution in [0.2, 0.25) is 0 Å². The third-order valence-corrected chi connectivity index (χ3v) is 4.09. The lowest BCUT2D eigenvalue weighted by molar-refractivity contribution is 0.131. The zero-order valence-corrected chi connectivity index (χ0v) is 13.6. The number of aryl methyl sites for hydroxylation is 1. The summed E-state index contributed by atoms with van der Waals surface area (Å²) in [4.78, 5) is 2.66. The van der Waals surface area contributed by atoms with E-state index < -0.39 is 0 Å². The molecule has 1 aromatic rings. The van der Waals surface area contributed by atoms with E-state index in [0.717, 1.165) is 13.1 Å². The van der Waals surface area contributed by atoms with Gasteiger partial charge in [0, 0.05) is 24.7 Å². The summed E-state index contributed by atoms with van der Waals surface area (Å²) in [7, 11) is 0. The first-order chi connectivity index (χ1) is 9.44. The number of nitrogens with zero attached hydrogens (tertiary/aromatic N) is 1. The van der Waals surface area contributed by atoms with Crippen LogP contribution < -0.4 is 5.32 Å². The first kappa shape index (κ1) is 15.5. The summed E-state index contributed by atoms with van der Waals surface area (Å²) in [5.74, 6) is 0. The Hall–Kier alpha value is -0.860. The van der Waals surface area contributed by atoms with Crippen molar-refractivity contribution in [2.75, 3.05) is 13.1 Å². The van der Waals surface area contributed by atoms with Crippen molar-refractivity contribution >= 4 is 0 Å². The molecule has 1 aliphatic heterocycles. The van der Waals surface area contributed by atoms with E-state index in [1.807, 2.05) is 0 Å². The van der Waals surface area contributed by atoms with Crippen LogP contribution in [0.4, 0.5) is 0 Å². The number of rotatable bonds is 4. The summed E-state index contributed by atoms with van der Waals surface area (Å²) in [6.45, 7) is 12.4. The molecule has 112 valence electrons. The second-order valence-corrected chi connectivity index (χ2v) is 7.24. The van der Waals surface area contributed by atoms with Crippen molar-refractivity contribution in [1.82, 2.24) is 10.2 Å². The van der Waals surface area contributed by atoms with E-state index in [4.69, 9.17) is 0 Å². The number of benzene rings is 1. The van der Waals surface area contributed by atoms with Crippen LogP contribution in [0.5, 0.6) is 0 Å². The van der Waals surface area contributed by atoms with Gasteiger partial charge in [0.05, 0.1) is 0 Å². The van der Waals surface area contributed by atoms with Gasteiger partial charge in [-0.2, -0.15) is 0 Å². The van der Waals surface area contributed by atoms with Gasteiger partial charge in [0.2, 0.25) is 0 Å². The van der Waals surface area contributed by atoms with Crippen LogP contribution in [0.25, 0.3) is 0 Å². The van der Waals surface area contributed by atoms with Crippen LogP contribution in [0.1, 0.15) is 51.2 Å². The Morgan fingerprint density at radius 3 is 2.75 bits per heavy atom. The van der Waals surface area contributed by atoms with Crippen molar-refractivity contribution in [3.8, 4) is 0 Å². The summed E-state index contributed by atoms with van der Waals surface area (Å²) in [5.41, 5.74) is 3.03. The Balaban J connectivity index is 1.96. The molecule has 0 bridgehead atoms. The van der Waals surface area contributed by atoms with E-state index in [1.165, 1.54) is 36.9 Å². The topological polar surface area (TPSA) is 15.3 Å². The largest absolute Gasteiger partial charge is 0.311 e. The first-order valence-electron chi connectivity index (χ1n) is 7.99. The summed E-state index contributed by atoms with van der Waals surface area (Å²) in [6, 6.07) is 9.62. The van der Waals surface area contributed by atoms with Crippen LogP contribution >= 0.6 is 0 Å². The highest BCUT2D eigenvalue weighted by Crippen LogP contribution is 2.20. The highest BCUT2D eigenvalue weighted by molar-refractivity contribution is 5.22. The molecule has 2 rings (SSSR count). The molecule has 0 saturated carbocycles. The minimum Gasteiger partial charge on any atom is -0.311 e. The molecule has 0 radical (unpaired) electrons. The van der Waals surface area contributed by atoms with Gasteiger partial charge in [0.25, 0.3) is 0 Å². The van der Waals surface area contributed by atoms with Gasteiger partial charge in [0.1, 0.15) is 0 Å². The molecule has 1 fully saturated rings. The van der Waals surface area contributed by atoms with E-state index >= 15 is 0 Å². The number of nitrogens with one attached hydrogen (secondary N) is 1. The van der Waals surface area contributed by atoms with Gasteiger partial charge in [-0.3, -0.25) is 4.90 Å². The zero-order chi connectivity index (χ0) is 14.6. The minimum atomic E-state index is 0.215. The second kappa shape index (κ2) is 6.73. The molecule has 1 aliphatic rings. The molecule has 0 amide bonds. The fourth-order valence-electron chi connectivity index (χ4n) is 2.97. The highest BCUT2D eigenvalue weighted by Gasteiger charge is 2.23. The van der Waals surface area contributed by atoms with E-state index in [1.54, 1.807) is 0 Å². The molecule has 20 heavy (non-hydrogen) atoms. The van der Waals surface area contributed by atoms with Crippen LogP contribution in [-0.2, 0) is 6.54 Å². The van der Waals surface area contributed by atoms with Crippen molar-refractivity contribution in [3.05, 3.63) is 35.4 Å². The van der Waals surface area contributed by atoms with Crippen molar-refractivity contribution in [3.63, 3.8) is 0 Å². The van der Waals surface area contributed by atoms with Gasteiger partial charge < -0.3 is 5.32 Å². The van der Waals surface area contributed by atoms with Gasteiger partial charge in [-0.1, -0.05) is 36.2 Å². The molecule has 0 aliphatic carbocycles. The standard InChI is InChI=1S/C18H30N2/c1-15-8-7-9-16(12-15)14-20-11-6-5-10-17(20)13-19-18(2,3)4/h7-9,12,17,19H,5-6,10-11,13-14H2,1-4H3. The van der Waals surface area contributed by atoms with E-state index in [9.17, 15) is 0 Å². The summed E-state index contributed by atoms with van der Waals surface area (Å²) < 4.78 is 0. The predicted octanol–water partition coefficient (Wildman–Crippen LogP) is 3.74. The van der Waals surface area contributed by atoms with E-state index in [0.29, 0.717) is 6.04 Å². The predicted molar refractivity (Wildman–Crippen MR) is 87.0 cm³/mol. The average Bonchev–Trinajstić information content (AvgIpc) is 2.37. The minimum absolute atomic E-state index is 0.215. The van der Waals surface area contributed by atoms with Crippen molar-refractivity contribution in [2.24, 2.45) is 0 Å². The summed E-state index contributed by atoms with van der Waals surface area (Å²) in [6.07, 6.45) is 4.05. The maximum Gasteiger partial charge on any atom is 0.0237 e. The molecule has 1 saturated heterocycles. The number of hydrogen-bond acceptors (Lipinski definition) is 2. The average molecular weight is 274 g/mol. The molecule has 2 nitrogen and oxygen atoms in total. The van der Waals surface area contributed by atoms with Crippen LogP contribution in [-0.4, -0.2) is 29.6 Å². The number of likely N-dealkylation sites (tertiary alicyclic amines) is 1. The van der Waals surface area contributed by atoms with Gasteiger partial charge >= 0.3 is 0 Å². The second-order valence-electron chi connectivity index (χ2n) is 7.24. The summed E-state index contributed by atoms with van der Waals surface area (Å²) >= 11 is 0. The van der Waals surface area contributed by atoms with Crippen molar-refractivity contribution in [2.45, 2.75) is 65.1 Å². The Labute approximate surface area is 124 Å². The smallest absolute Gasteiger partial charge is 0.0237 e. The monoisotopic (exact) mass is 274 g/mol. The van der Waals surface area contributed by atoms with E-state index in [2.05, 4.69) is 62.2 Å². The quantitative estimate of drug-likeness (QED) is 0.900. The molecule has 2 heteroatoms. The lowest BCUT2D eigenvalue weighted by Gasteiger charge is -2.37. The van der Waals surface area contributed by atoms with Crippen LogP contribution in [0.15, 0.2) is 24.3 Å². The Bertz CT molecular complexity index is 420. The zero-order valence-electron chi connectivity index (χ0n) is 13.6. The molecular weight excluding hydrogens is 244 g/mol. The fraction of sp³-hybridized carbons (Fsp3) is 0.667. The highest BCUT2D eigenvalue weighted by atomic mass is 15.2. The van der Waals surface area contributed by atoms with Crippen LogP contribution in [0, 0.1) is 6.92 Å². The molecule has 1 aromatic carbocycles. The molecule has 1 N–H and O–H groups in total. The maximum atomic E-state index is 3.68.